The van der Waals surface area contributed by atoms with Crippen molar-refractivity contribution in [2.75, 3.05) is 20.2 Å². The van der Waals surface area contributed by atoms with E-state index in [0.29, 0.717) is 23.1 Å². The molecular weight excluding hydrogens is 404 g/mol. The second-order valence-electron chi connectivity index (χ2n) is 8.17. The Hall–Kier alpha value is -2.47. The van der Waals surface area contributed by atoms with Crippen LogP contribution >= 0.6 is 11.6 Å². The van der Waals surface area contributed by atoms with Gasteiger partial charge >= 0.3 is 0 Å². The number of piperidine rings is 1. The van der Waals surface area contributed by atoms with Crippen LogP contribution in [0.5, 0.6) is 11.5 Å². The zero-order chi connectivity index (χ0) is 21.4. The van der Waals surface area contributed by atoms with Crippen molar-refractivity contribution >= 4 is 23.3 Å². The van der Waals surface area contributed by atoms with Gasteiger partial charge in [0.05, 0.1) is 12.1 Å². The average Bonchev–Trinajstić information content (AvgIpc) is 2.75. The molecule has 1 aliphatic carbocycles. The number of Topliss-reactive ketones (excluding diaryl/α,β-unsaturated/α-hetero) is 1. The maximum atomic E-state index is 13.6. The SMILES string of the molecule is COc1cc(C2C(C(=O)N3CCCCC3)=C(C)NC3=C2C(=O)CCC3)cc(Cl)c1O. The van der Waals surface area contributed by atoms with Crippen LogP contribution in [0.25, 0.3) is 0 Å². The van der Waals surface area contributed by atoms with Crippen LogP contribution in [0, 0.1) is 0 Å². The Morgan fingerprint density at radius 1 is 1.20 bits per heavy atom. The molecule has 1 saturated heterocycles. The monoisotopic (exact) mass is 430 g/mol. The van der Waals surface area contributed by atoms with Crippen molar-refractivity contribution in [1.29, 1.82) is 0 Å². The summed E-state index contributed by atoms with van der Waals surface area (Å²) in [6.45, 7) is 3.34. The lowest BCUT2D eigenvalue weighted by atomic mass is 9.74. The molecule has 30 heavy (non-hydrogen) atoms. The van der Waals surface area contributed by atoms with Crippen LogP contribution in [-0.4, -0.2) is 41.9 Å². The molecule has 0 bridgehead atoms. The lowest BCUT2D eigenvalue weighted by molar-refractivity contribution is -0.128. The number of benzene rings is 1. The van der Waals surface area contributed by atoms with E-state index in [1.807, 2.05) is 11.8 Å². The minimum atomic E-state index is -0.532. The fourth-order valence-electron chi connectivity index (χ4n) is 4.78. The van der Waals surface area contributed by atoms with Gasteiger partial charge in [-0.05, 0) is 56.7 Å². The summed E-state index contributed by atoms with van der Waals surface area (Å²) >= 11 is 6.28. The van der Waals surface area contributed by atoms with Crippen molar-refractivity contribution in [2.24, 2.45) is 0 Å². The number of nitrogens with one attached hydrogen (secondary N) is 1. The molecule has 1 unspecified atom stereocenters. The van der Waals surface area contributed by atoms with Crippen molar-refractivity contribution in [3.05, 3.63) is 45.3 Å². The maximum absolute atomic E-state index is 13.6. The summed E-state index contributed by atoms with van der Waals surface area (Å²) in [5.74, 6) is -0.448. The number of aromatic hydroxyl groups is 1. The molecule has 1 fully saturated rings. The van der Waals surface area contributed by atoms with Crippen LogP contribution in [0.1, 0.15) is 56.9 Å². The first-order valence-corrected chi connectivity index (χ1v) is 10.9. The third-order valence-corrected chi connectivity index (χ3v) is 6.54. The highest BCUT2D eigenvalue weighted by Crippen LogP contribution is 2.46. The van der Waals surface area contributed by atoms with Crippen LogP contribution < -0.4 is 10.1 Å². The molecule has 3 aliphatic rings. The molecular formula is C23H27ClN2O4. The van der Waals surface area contributed by atoms with E-state index >= 15 is 0 Å². The molecule has 2 N–H and O–H groups in total. The number of rotatable bonds is 3. The highest BCUT2D eigenvalue weighted by molar-refractivity contribution is 6.32. The number of likely N-dealkylation sites (tertiary alicyclic amines) is 1. The topological polar surface area (TPSA) is 78.9 Å². The summed E-state index contributed by atoms with van der Waals surface area (Å²) in [7, 11) is 1.45. The van der Waals surface area contributed by atoms with Gasteiger partial charge in [-0.25, -0.2) is 0 Å². The number of phenols is 1. The Labute approximate surface area is 181 Å². The Balaban J connectivity index is 1.87. The van der Waals surface area contributed by atoms with Crippen LogP contribution in [0.2, 0.25) is 5.02 Å². The third kappa shape index (κ3) is 3.58. The predicted molar refractivity (Wildman–Crippen MR) is 115 cm³/mol. The van der Waals surface area contributed by atoms with E-state index in [0.717, 1.165) is 56.6 Å². The van der Waals surface area contributed by atoms with Gasteiger partial charge in [0, 0.05) is 48.0 Å². The summed E-state index contributed by atoms with van der Waals surface area (Å²) in [4.78, 5) is 28.5. The number of nitrogens with zero attached hydrogens (tertiary/aromatic N) is 1. The average molecular weight is 431 g/mol. The molecule has 1 amide bonds. The number of methoxy groups -OCH3 is 1. The van der Waals surface area contributed by atoms with E-state index in [4.69, 9.17) is 16.3 Å². The number of phenolic OH excluding ortho intramolecular Hbond substituents is 1. The molecule has 1 atom stereocenters. The van der Waals surface area contributed by atoms with Crippen LogP contribution in [-0.2, 0) is 9.59 Å². The smallest absolute Gasteiger partial charge is 0.252 e. The number of ether oxygens (including phenoxy) is 1. The van der Waals surface area contributed by atoms with Crippen molar-refractivity contribution in [1.82, 2.24) is 10.2 Å². The Morgan fingerprint density at radius 3 is 2.63 bits per heavy atom. The number of hydrogen-bond donors (Lipinski definition) is 2. The molecule has 0 aromatic heterocycles. The van der Waals surface area contributed by atoms with Gasteiger partial charge < -0.3 is 20.1 Å². The third-order valence-electron chi connectivity index (χ3n) is 6.25. The van der Waals surface area contributed by atoms with Crippen molar-refractivity contribution in [3.8, 4) is 11.5 Å². The summed E-state index contributed by atoms with van der Waals surface area (Å²) < 4.78 is 5.30. The van der Waals surface area contributed by atoms with E-state index in [-0.39, 0.29) is 28.2 Å². The van der Waals surface area contributed by atoms with Crippen LogP contribution in [0.4, 0.5) is 0 Å². The van der Waals surface area contributed by atoms with Gasteiger partial charge in [0.25, 0.3) is 5.91 Å². The zero-order valence-electron chi connectivity index (χ0n) is 17.4. The fraction of sp³-hybridized carbons (Fsp3) is 0.478. The molecule has 6 nitrogen and oxygen atoms in total. The van der Waals surface area contributed by atoms with Gasteiger partial charge in [0.1, 0.15) is 0 Å². The molecule has 4 rings (SSSR count). The molecule has 1 aromatic carbocycles. The number of carbonyl (C=O) groups excluding carboxylic acids is 2. The summed E-state index contributed by atoms with van der Waals surface area (Å²) in [5.41, 5.74) is 3.55. The molecule has 0 saturated carbocycles. The Morgan fingerprint density at radius 2 is 1.93 bits per heavy atom. The second-order valence-corrected chi connectivity index (χ2v) is 8.58. The highest BCUT2D eigenvalue weighted by atomic mass is 35.5. The normalized spacial score (nSPS) is 22.0. The van der Waals surface area contributed by atoms with Gasteiger partial charge in [-0.3, -0.25) is 9.59 Å². The van der Waals surface area contributed by atoms with E-state index in [2.05, 4.69) is 5.32 Å². The van der Waals surface area contributed by atoms with Gasteiger partial charge in [-0.2, -0.15) is 0 Å². The number of dihydropyridines is 1. The Bertz CT molecular complexity index is 960. The van der Waals surface area contributed by atoms with Gasteiger partial charge in [0.2, 0.25) is 0 Å². The first kappa shape index (κ1) is 20.8. The summed E-state index contributed by atoms with van der Waals surface area (Å²) in [5, 5.41) is 13.7. The van der Waals surface area contributed by atoms with E-state index in [9.17, 15) is 14.7 Å². The summed E-state index contributed by atoms with van der Waals surface area (Å²) in [6.07, 6.45) is 5.12. The number of hydrogen-bond acceptors (Lipinski definition) is 5. The van der Waals surface area contributed by atoms with E-state index < -0.39 is 5.92 Å². The molecule has 1 aromatic rings. The van der Waals surface area contributed by atoms with Gasteiger partial charge in [-0.1, -0.05) is 11.6 Å². The largest absolute Gasteiger partial charge is 0.503 e. The van der Waals surface area contributed by atoms with Crippen molar-refractivity contribution in [3.63, 3.8) is 0 Å². The zero-order valence-corrected chi connectivity index (χ0v) is 18.1. The van der Waals surface area contributed by atoms with E-state index in [1.54, 1.807) is 12.1 Å². The molecule has 0 spiro atoms. The lowest BCUT2D eigenvalue weighted by Crippen LogP contribution is -2.42. The van der Waals surface area contributed by atoms with E-state index in [1.165, 1.54) is 7.11 Å². The molecule has 2 heterocycles. The Kier molecular flexibility index (Phi) is 5.78. The first-order valence-electron chi connectivity index (χ1n) is 10.5. The maximum Gasteiger partial charge on any atom is 0.252 e. The number of halogens is 1. The molecule has 160 valence electrons. The minimum absolute atomic E-state index is 0.0437. The van der Waals surface area contributed by atoms with Gasteiger partial charge in [-0.15, -0.1) is 0 Å². The first-order chi connectivity index (χ1) is 14.4. The highest BCUT2D eigenvalue weighted by Gasteiger charge is 2.40. The van der Waals surface area contributed by atoms with Crippen molar-refractivity contribution < 1.29 is 19.4 Å². The lowest BCUT2D eigenvalue weighted by Gasteiger charge is -2.37. The predicted octanol–water partition coefficient (Wildman–Crippen LogP) is 4.03. The number of ketones is 1. The quantitative estimate of drug-likeness (QED) is 0.756. The molecule has 0 radical (unpaired) electrons. The summed E-state index contributed by atoms with van der Waals surface area (Å²) in [6, 6.07) is 3.32. The fourth-order valence-corrected chi connectivity index (χ4v) is 5.00. The van der Waals surface area contributed by atoms with Crippen molar-refractivity contribution in [2.45, 2.75) is 51.4 Å². The number of amides is 1. The minimum Gasteiger partial charge on any atom is -0.503 e. The second kappa shape index (κ2) is 8.34. The van der Waals surface area contributed by atoms with Crippen LogP contribution in [0.15, 0.2) is 34.7 Å². The van der Waals surface area contributed by atoms with Crippen LogP contribution in [0.3, 0.4) is 0 Å². The molecule has 2 aliphatic heterocycles. The number of carbonyl (C=O) groups is 2. The molecule has 7 heteroatoms. The standard InChI is InChI=1S/C23H27ClN2O4/c1-13-19(23(29)26-9-4-3-5-10-26)20(21-16(25-13)7-6-8-17(21)27)14-11-15(24)22(28)18(12-14)30-2/h11-12,20,25,28H,3-10H2,1-2H3. The number of allylic oxidation sites excluding steroid dienone is 3. The van der Waals surface area contributed by atoms with Gasteiger partial charge in [0.15, 0.2) is 17.3 Å².